The molecule has 12 heavy (non-hydrogen) atoms. The first kappa shape index (κ1) is 10.3. The predicted molar refractivity (Wildman–Crippen MR) is 51.6 cm³/mol. The van der Waals surface area contributed by atoms with Crippen molar-refractivity contribution in [1.29, 1.82) is 0 Å². The van der Waals surface area contributed by atoms with E-state index in [1.54, 1.807) is 0 Å². The van der Waals surface area contributed by atoms with Crippen molar-refractivity contribution < 1.29 is 5.11 Å². The van der Waals surface area contributed by atoms with Crippen molar-refractivity contribution in [1.82, 2.24) is 4.90 Å². The highest BCUT2D eigenvalue weighted by Crippen LogP contribution is 2.19. The molecule has 0 bridgehead atoms. The molecule has 72 valence electrons. The molecule has 1 N–H and O–H groups in total. The lowest BCUT2D eigenvalue weighted by Crippen LogP contribution is -2.31. The van der Waals surface area contributed by atoms with E-state index < -0.39 is 0 Å². The van der Waals surface area contributed by atoms with E-state index in [0.29, 0.717) is 12.6 Å². The highest BCUT2D eigenvalue weighted by molar-refractivity contribution is 6.17. The quantitative estimate of drug-likeness (QED) is 0.666. The third-order valence-electron chi connectivity index (χ3n) is 2.54. The van der Waals surface area contributed by atoms with Crippen molar-refractivity contribution in [3.63, 3.8) is 0 Å². The van der Waals surface area contributed by atoms with Gasteiger partial charge < -0.3 is 10.0 Å². The van der Waals surface area contributed by atoms with Gasteiger partial charge in [0.1, 0.15) is 0 Å². The standard InChI is InChI=1S/C9H18ClNO/c10-5-2-7-11-6-1-3-9(11)4-8-12/h9,12H,1-8H2/t9-/m0/s1. The van der Waals surface area contributed by atoms with Gasteiger partial charge in [-0.2, -0.15) is 0 Å². The fraction of sp³-hybridized carbons (Fsp3) is 1.00. The number of alkyl halides is 1. The summed E-state index contributed by atoms with van der Waals surface area (Å²) in [5.41, 5.74) is 0. The van der Waals surface area contributed by atoms with Gasteiger partial charge in [-0.1, -0.05) is 0 Å². The van der Waals surface area contributed by atoms with Crippen LogP contribution in [0.15, 0.2) is 0 Å². The SMILES string of the molecule is OCC[C@@H]1CCCN1CCCCl. The lowest BCUT2D eigenvalue weighted by Gasteiger charge is -2.23. The van der Waals surface area contributed by atoms with Crippen LogP contribution in [-0.4, -0.2) is 41.6 Å². The molecule has 0 saturated carbocycles. The van der Waals surface area contributed by atoms with Gasteiger partial charge in [-0.25, -0.2) is 0 Å². The molecule has 1 saturated heterocycles. The molecule has 2 nitrogen and oxygen atoms in total. The van der Waals surface area contributed by atoms with Crippen LogP contribution in [0, 0.1) is 0 Å². The fourth-order valence-electron chi connectivity index (χ4n) is 1.93. The van der Waals surface area contributed by atoms with Crippen molar-refractivity contribution >= 4 is 11.6 Å². The minimum atomic E-state index is 0.321. The molecule has 0 aliphatic carbocycles. The van der Waals surface area contributed by atoms with E-state index in [1.807, 2.05) is 0 Å². The molecular weight excluding hydrogens is 174 g/mol. The Bertz CT molecular complexity index is 121. The zero-order valence-electron chi connectivity index (χ0n) is 7.51. The van der Waals surface area contributed by atoms with Crippen LogP contribution in [0.5, 0.6) is 0 Å². The Balaban J connectivity index is 2.20. The van der Waals surface area contributed by atoms with Crippen LogP contribution in [0.4, 0.5) is 0 Å². The lowest BCUT2D eigenvalue weighted by atomic mass is 10.1. The highest BCUT2D eigenvalue weighted by Gasteiger charge is 2.22. The second-order valence-corrected chi connectivity index (χ2v) is 3.76. The predicted octanol–water partition coefficient (Wildman–Crippen LogP) is 1.46. The van der Waals surface area contributed by atoms with Crippen molar-refractivity contribution in [3.8, 4) is 0 Å². The number of hydrogen-bond donors (Lipinski definition) is 1. The number of halogens is 1. The van der Waals surface area contributed by atoms with Gasteiger partial charge in [-0.05, 0) is 38.8 Å². The topological polar surface area (TPSA) is 23.5 Å². The monoisotopic (exact) mass is 191 g/mol. The Labute approximate surface area is 79.5 Å². The molecule has 0 unspecified atom stereocenters. The molecule has 1 rings (SSSR count). The molecule has 1 aliphatic rings. The molecule has 0 amide bonds. The van der Waals surface area contributed by atoms with E-state index in [-0.39, 0.29) is 0 Å². The largest absolute Gasteiger partial charge is 0.396 e. The van der Waals surface area contributed by atoms with Gasteiger partial charge >= 0.3 is 0 Å². The maximum atomic E-state index is 8.82. The summed E-state index contributed by atoms with van der Waals surface area (Å²) in [6, 6.07) is 0.623. The van der Waals surface area contributed by atoms with Crippen molar-refractivity contribution in [3.05, 3.63) is 0 Å². The van der Waals surface area contributed by atoms with E-state index in [9.17, 15) is 0 Å². The normalized spacial score (nSPS) is 25.0. The number of likely N-dealkylation sites (tertiary alicyclic amines) is 1. The molecule has 1 fully saturated rings. The minimum Gasteiger partial charge on any atom is -0.396 e. The summed E-state index contributed by atoms with van der Waals surface area (Å²) in [4.78, 5) is 2.46. The summed E-state index contributed by atoms with van der Waals surface area (Å²) in [7, 11) is 0. The zero-order chi connectivity index (χ0) is 8.81. The van der Waals surface area contributed by atoms with E-state index in [0.717, 1.165) is 25.3 Å². The van der Waals surface area contributed by atoms with Gasteiger partial charge in [0, 0.05) is 18.5 Å². The third-order valence-corrected chi connectivity index (χ3v) is 2.81. The van der Waals surface area contributed by atoms with Crippen molar-refractivity contribution in [2.45, 2.75) is 31.7 Å². The number of rotatable bonds is 5. The number of aliphatic hydroxyl groups is 1. The molecule has 0 aromatic rings. The summed E-state index contributed by atoms with van der Waals surface area (Å²) in [5.74, 6) is 0.752. The van der Waals surface area contributed by atoms with Crippen LogP contribution in [-0.2, 0) is 0 Å². The van der Waals surface area contributed by atoms with Gasteiger partial charge in [0.05, 0.1) is 0 Å². The molecule has 0 radical (unpaired) electrons. The average molecular weight is 192 g/mol. The van der Waals surface area contributed by atoms with Gasteiger partial charge in [0.15, 0.2) is 0 Å². The summed E-state index contributed by atoms with van der Waals surface area (Å²) in [6.07, 6.45) is 4.54. The number of nitrogens with zero attached hydrogens (tertiary/aromatic N) is 1. The first-order chi connectivity index (χ1) is 5.88. The Hall–Kier alpha value is 0.210. The van der Waals surface area contributed by atoms with Crippen LogP contribution in [0.2, 0.25) is 0 Å². The summed E-state index contributed by atoms with van der Waals surface area (Å²) in [6.45, 7) is 2.62. The Morgan fingerprint density at radius 2 is 2.33 bits per heavy atom. The summed E-state index contributed by atoms with van der Waals surface area (Å²) in [5, 5.41) is 8.82. The van der Waals surface area contributed by atoms with Gasteiger partial charge in [-0.15, -0.1) is 11.6 Å². The van der Waals surface area contributed by atoms with Crippen molar-refractivity contribution in [2.75, 3.05) is 25.6 Å². The van der Waals surface area contributed by atoms with E-state index in [2.05, 4.69) is 4.90 Å². The molecule has 1 heterocycles. The molecule has 1 atom stereocenters. The second kappa shape index (κ2) is 5.79. The Morgan fingerprint density at radius 1 is 1.50 bits per heavy atom. The fourth-order valence-corrected chi connectivity index (χ4v) is 2.05. The van der Waals surface area contributed by atoms with Crippen LogP contribution in [0.1, 0.15) is 25.7 Å². The Morgan fingerprint density at radius 3 is 3.00 bits per heavy atom. The van der Waals surface area contributed by atoms with E-state index >= 15 is 0 Å². The van der Waals surface area contributed by atoms with Crippen LogP contribution in [0.3, 0.4) is 0 Å². The zero-order valence-corrected chi connectivity index (χ0v) is 8.26. The average Bonchev–Trinajstić information content (AvgIpc) is 2.50. The smallest absolute Gasteiger partial charge is 0.0445 e. The minimum absolute atomic E-state index is 0.321. The van der Waals surface area contributed by atoms with Gasteiger partial charge in [0.2, 0.25) is 0 Å². The highest BCUT2D eigenvalue weighted by atomic mass is 35.5. The van der Waals surface area contributed by atoms with E-state index in [4.69, 9.17) is 16.7 Å². The molecule has 0 aromatic carbocycles. The number of hydrogen-bond acceptors (Lipinski definition) is 2. The van der Waals surface area contributed by atoms with Crippen LogP contribution in [0.25, 0.3) is 0 Å². The summed E-state index contributed by atoms with van der Waals surface area (Å²) < 4.78 is 0. The molecule has 0 spiro atoms. The maximum absolute atomic E-state index is 8.82. The second-order valence-electron chi connectivity index (χ2n) is 3.39. The summed E-state index contributed by atoms with van der Waals surface area (Å²) >= 11 is 5.63. The first-order valence-electron chi connectivity index (χ1n) is 4.79. The van der Waals surface area contributed by atoms with Gasteiger partial charge in [-0.3, -0.25) is 0 Å². The maximum Gasteiger partial charge on any atom is 0.0445 e. The van der Waals surface area contributed by atoms with Gasteiger partial charge in [0.25, 0.3) is 0 Å². The van der Waals surface area contributed by atoms with Crippen LogP contribution < -0.4 is 0 Å². The van der Waals surface area contributed by atoms with E-state index in [1.165, 1.54) is 19.4 Å². The third kappa shape index (κ3) is 2.92. The first-order valence-corrected chi connectivity index (χ1v) is 5.33. The molecule has 3 heteroatoms. The number of aliphatic hydroxyl groups excluding tert-OH is 1. The molecule has 0 aromatic heterocycles. The lowest BCUT2D eigenvalue weighted by molar-refractivity contribution is 0.196. The van der Waals surface area contributed by atoms with Crippen molar-refractivity contribution in [2.24, 2.45) is 0 Å². The Kier molecular flexibility index (Phi) is 4.96. The van der Waals surface area contributed by atoms with Crippen LogP contribution >= 0.6 is 11.6 Å². The molecular formula is C9H18ClNO. The molecule has 1 aliphatic heterocycles.